The van der Waals surface area contributed by atoms with Gasteiger partial charge in [-0.1, -0.05) is 11.6 Å². The molecule has 1 unspecified atom stereocenters. The van der Waals surface area contributed by atoms with E-state index in [0.29, 0.717) is 25.4 Å². The molecule has 16 heteroatoms. The van der Waals surface area contributed by atoms with Crippen LogP contribution in [0.5, 0.6) is 0 Å². The number of hydrogen-bond acceptors (Lipinski definition) is 13. The van der Waals surface area contributed by atoms with Gasteiger partial charge in [0.15, 0.2) is 28.9 Å². The Labute approximate surface area is 251 Å². The second-order valence-electron chi connectivity index (χ2n) is 10.6. The quantitative estimate of drug-likeness (QED) is 0.0672. The summed E-state index contributed by atoms with van der Waals surface area (Å²) in [5, 5.41) is 47.0. The molecule has 3 heterocycles. The molecule has 0 radical (unpaired) electrons. The van der Waals surface area contributed by atoms with Crippen LogP contribution in [0.25, 0.3) is 0 Å². The molecule has 9 N–H and O–H groups in total. The minimum Gasteiger partial charge on any atom is -0.389 e. The number of anilines is 1. The summed E-state index contributed by atoms with van der Waals surface area (Å²) in [5.74, 6) is -0.849. The van der Waals surface area contributed by atoms with Gasteiger partial charge in [-0.2, -0.15) is 0 Å². The van der Waals surface area contributed by atoms with Gasteiger partial charge in [0.25, 0.3) is 5.91 Å². The van der Waals surface area contributed by atoms with Crippen LogP contribution in [0.15, 0.2) is 0 Å². The number of aliphatic hydroxyl groups is 3. The number of nitrogens with one attached hydrogen (secondary N) is 4. The number of hydrogen-bond donors (Lipinski definition) is 8. The van der Waals surface area contributed by atoms with Crippen molar-refractivity contribution in [1.29, 1.82) is 5.41 Å². The van der Waals surface area contributed by atoms with Crippen molar-refractivity contribution < 1.29 is 34.3 Å². The fourth-order valence-electron chi connectivity index (χ4n) is 4.78. The van der Waals surface area contributed by atoms with Crippen LogP contribution in [0.1, 0.15) is 48.8 Å². The molecule has 0 aromatic carbocycles. The van der Waals surface area contributed by atoms with Crippen LogP contribution >= 0.6 is 11.6 Å². The smallest absolute Gasteiger partial charge is 0.280 e. The van der Waals surface area contributed by atoms with Gasteiger partial charge >= 0.3 is 0 Å². The zero-order valence-electron chi connectivity index (χ0n) is 24.2. The van der Waals surface area contributed by atoms with Gasteiger partial charge in [-0.05, 0) is 52.6 Å². The lowest BCUT2D eigenvalue weighted by atomic mass is 10.0. The number of nitrogens with two attached hydrogens (primary N) is 1. The number of aliphatic hydroxyl groups excluding tert-OH is 3. The lowest BCUT2D eigenvalue weighted by molar-refractivity contribution is -0.122. The van der Waals surface area contributed by atoms with E-state index < -0.39 is 36.6 Å². The molecular weight excluding hydrogens is 572 g/mol. The van der Waals surface area contributed by atoms with Crippen LogP contribution in [0.2, 0.25) is 5.15 Å². The number of unbranched alkanes of at least 4 members (excludes halogenated alkanes) is 1. The first kappa shape index (κ1) is 34.3. The van der Waals surface area contributed by atoms with Crippen LogP contribution in [0.3, 0.4) is 0 Å². The SMILES string of the molecule is Cc1nc(N)c(C(=O)NC(=N)NCCCCN2CCCC(OCCNC[C@H](O)[C@@H](O)[C@H](O)[C@H]3CO[C@@H](C)O3)C2)nc1Cl. The van der Waals surface area contributed by atoms with Crippen molar-refractivity contribution in [3.63, 3.8) is 0 Å². The fraction of sp³-hybridized carbons (Fsp3) is 0.769. The van der Waals surface area contributed by atoms with Gasteiger partial charge in [0.2, 0.25) is 0 Å². The average molecular weight is 617 g/mol. The largest absolute Gasteiger partial charge is 0.389 e. The number of carbonyl (C=O) groups excluding carboxylic acids is 1. The highest BCUT2D eigenvalue weighted by atomic mass is 35.5. The molecule has 0 spiro atoms. The molecule has 1 amide bonds. The Balaban J connectivity index is 1.22. The molecule has 2 aliphatic rings. The summed E-state index contributed by atoms with van der Waals surface area (Å²) in [6.45, 7) is 7.83. The summed E-state index contributed by atoms with van der Waals surface area (Å²) in [6, 6.07) is 0. The monoisotopic (exact) mass is 616 g/mol. The second-order valence-corrected chi connectivity index (χ2v) is 10.9. The van der Waals surface area contributed by atoms with Gasteiger partial charge in [-0.15, -0.1) is 0 Å². The number of likely N-dealkylation sites (tertiary alicyclic amines) is 1. The van der Waals surface area contributed by atoms with Crippen molar-refractivity contribution in [1.82, 2.24) is 30.8 Å². The molecule has 238 valence electrons. The molecule has 0 aliphatic carbocycles. The maximum atomic E-state index is 12.3. The Hall–Kier alpha value is -2.21. The molecule has 1 aromatic heterocycles. The highest BCUT2D eigenvalue weighted by molar-refractivity contribution is 6.30. The number of rotatable bonds is 15. The number of piperidine rings is 1. The second kappa shape index (κ2) is 17.2. The van der Waals surface area contributed by atoms with E-state index in [1.165, 1.54) is 0 Å². The summed E-state index contributed by atoms with van der Waals surface area (Å²) in [6.07, 6.45) is -0.993. The molecule has 42 heavy (non-hydrogen) atoms. The van der Waals surface area contributed by atoms with Crippen molar-refractivity contribution in [2.45, 2.75) is 76.3 Å². The summed E-state index contributed by atoms with van der Waals surface area (Å²) in [5.41, 5.74) is 6.04. The van der Waals surface area contributed by atoms with Crippen molar-refractivity contribution in [3.8, 4) is 0 Å². The molecule has 1 aromatic rings. The number of nitrogen functional groups attached to an aromatic ring is 1. The van der Waals surface area contributed by atoms with Gasteiger partial charge in [0, 0.05) is 26.2 Å². The van der Waals surface area contributed by atoms with Crippen LogP contribution in [0, 0.1) is 12.3 Å². The molecule has 2 aliphatic heterocycles. The molecule has 6 atom stereocenters. The van der Waals surface area contributed by atoms with Gasteiger partial charge in [-0.3, -0.25) is 15.5 Å². The maximum absolute atomic E-state index is 12.3. The van der Waals surface area contributed by atoms with Gasteiger partial charge < -0.3 is 50.8 Å². The predicted molar refractivity (Wildman–Crippen MR) is 155 cm³/mol. The minimum absolute atomic E-state index is 0.0478. The first-order chi connectivity index (χ1) is 20.0. The Morgan fingerprint density at radius 3 is 2.81 bits per heavy atom. The van der Waals surface area contributed by atoms with E-state index in [4.69, 9.17) is 37.0 Å². The molecule has 2 fully saturated rings. The van der Waals surface area contributed by atoms with E-state index >= 15 is 0 Å². The molecule has 15 nitrogen and oxygen atoms in total. The number of halogens is 1. The van der Waals surface area contributed by atoms with Gasteiger partial charge in [0.1, 0.15) is 18.3 Å². The number of carbonyl (C=O) groups is 1. The normalized spacial score (nSPS) is 23.3. The fourth-order valence-corrected chi connectivity index (χ4v) is 4.90. The average Bonchev–Trinajstić information content (AvgIpc) is 3.40. The van der Waals surface area contributed by atoms with Gasteiger partial charge in [0.05, 0.1) is 31.1 Å². The van der Waals surface area contributed by atoms with Gasteiger partial charge in [-0.25, -0.2) is 9.97 Å². The number of nitrogens with zero attached hydrogens (tertiary/aromatic N) is 3. The van der Waals surface area contributed by atoms with Crippen LogP contribution in [0.4, 0.5) is 5.82 Å². The lowest BCUT2D eigenvalue weighted by Gasteiger charge is -2.32. The topological polar surface area (TPSA) is 220 Å². The van der Waals surface area contributed by atoms with Crippen LogP contribution in [-0.2, 0) is 14.2 Å². The van der Waals surface area contributed by atoms with E-state index in [1.54, 1.807) is 13.8 Å². The van der Waals surface area contributed by atoms with Crippen molar-refractivity contribution in [3.05, 3.63) is 16.5 Å². The third-order valence-electron chi connectivity index (χ3n) is 7.13. The Morgan fingerprint density at radius 2 is 2.07 bits per heavy atom. The van der Waals surface area contributed by atoms with Crippen molar-refractivity contribution >= 4 is 29.3 Å². The minimum atomic E-state index is -1.35. The van der Waals surface area contributed by atoms with E-state index in [9.17, 15) is 20.1 Å². The predicted octanol–water partition coefficient (Wildman–Crippen LogP) is -1.03. The number of aryl methyl sites for hydroxylation is 1. The third-order valence-corrected chi connectivity index (χ3v) is 7.49. The maximum Gasteiger partial charge on any atom is 0.280 e. The van der Waals surface area contributed by atoms with E-state index in [2.05, 4.69) is 30.8 Å². The lowest BCUT2D eigenvalue weighted by Crippen LogP contribution is -2.49. The van der Waals surface area contributed by atoms with Crippen LogP contribution < -0.4 is 21.7 Å². The zero-order chi connectivity index (χ0) is 30.6. The van der Waals surface area contributed by atoms with Crippen LogP contribution in [-0.4, -0.2) is 131 Å². The molecular formula is C26H45ClN8O7. The molecule has 2 saturated heterocycles. The molecule has 3 rings (SSSR count). The third kappa shape index (κ3) is 10.8. The summed E-state index contributed by atoms with van der Waals surface area (Å²) >= 11 is 5.92. The summed E-state index contributed by atoms with van der Waals surface area (Å²) < 4.78 is 16.6. The Bertz CT molecular complexity index is 1030. The molecule has 0 saturated carbocycles. The highest BCUT2D eigenvalue weighted by Gasteiger charge is 2.36. The number of ether oxygens (including phenoxy) is 3. The first-order valence-electron chi connectivity index (χ1n) is 14.3. The molecule has 0 bridgehead atoms. The highest BCUT2D eigenvalue weighted by Crippen LogP contribution is 2.18. The summed E-state index contributed by atoms with van der Waals surface area (Å²) in [7, 11) is 0. The van der Waals surface area contributed by atoms with Crippen molar-refractivity contribution in [2.75, 3.05) is 58.2 Å². The van der Waals surface area contributed by atoms with E-state index in [0.717, 1.165) is 45.3 Å². The summed E-state index contributed by atoms with van der Waals surface area (Å²) in [4.78, 5) is 22.6. The van der Waals surface area contributed by atoms with Crippen molar-refractivity contribution in [2.24, 2.45) is 0 Å². The number of amides is 1. The first-order valence-corrected chi connectivity index (χ1v) is 14.7. The Kier molecular flexibility index (Phi) is 14.0. The Morgan fingerprint density at radius 1 is 1.29 bits per heavy atom. The van der Waals surface area contributed by atoms with E-state index in [-0.39, 0.29) is 41.9 Å². The standard InChI is InChI=1S/C26H45ClN8O7/c1-15-23(27)33-20(24(28)32-15)25(39)34-26(29)31-7-3-4-9-35-10-5-6-17(13-35)40-11-8-30-12-18(36)21(37)22(38)19-14-41-16(2)42-19/h16-19,21-22,30,36-38H,3-14H2,1-2H3,(H2,28,32)(H3,29,31,34,39)/t16-,17?,18+,19-,21-,22-/m1/s1. The number of guanidine groups is 1. The number of aromatic nitrogens is 2. The van der Waals surface area contributed by atoms with E-state index in [1.807, 2.05) is 0 Å². The zero-order valence-corrected chi connectivity index (χ0v) is 25.0.